The molecular weight excluding hydrogens is 294 g/mol. The largest absolute Gasteiger partial charge is 0.455 e. The molecule has 0 atom stereocenters. The number of para-hydroxylation sites is 3. The van der Waals surface area contributed by atoms with E-state index >= 15 is 0 Å². The number of ether oxygens (including phenoxy) is 1. The Hall–Kier alpha value is -3.28. The molecule has 2 amide bonds. The molecule has 0 aliphatic carbocycles. The SMILES string of the molecule is Cc1cc(NC(=O)Nc2ccccc2Oc2ccccc2)no1. The number of carbonyl (C=O) groups excluding carboxylic acids is 1. The smallest absolute Gasteiger partial charge is 0.325 e. The minimum atomic E-state index is -0.428. The van der Waals surface area contributed by atoms with Crippen LogP contribution in [0.2, 0.25) is 0 Å². The molecule has 23 heavy (non-hydrogen) atoms. The number of rotatable bonds is 4. The van der Waals surface area contributed by atoms with Gasteiger partial charge in [0.1, 0.15) is 11.5 Å². The minimum absolute atomic E-state index is 0.349. The quantitative estimate of drug-likeness (QED) is 0.748. The molecule has 0 saturated heterocycles. The first kappa shape index (κ1) is 14.6. The van der Waals surface area contributed by atoms with Crippen LogP contribution in [0.15, 0.2) is 65.2 Å². The maximum Gasteiger partial charge on any atom is 0.325 e. The van der Waals surface area contributed by atoms with Gasteiger partial charge in [-0.15, -0.1) is 0 Å². The van der Waals surface area contributed by atoms with E-state index < -0.39 is 6.03 Å². The fourth-order valence-corrected chi connectivity index (χ4v) is 1.97. The normalized spacial score (nSPS) is 10.1. The van der Waals surface area contributed by atoms with Gasteiger partial charge in [0.2, 0.25) is 0 Å². The first-order chi connectivity index (χ1) is 11.2. The fourth-order valence-electron chi connectivity index (χ4n) is 1.97. The summed E-state index contributed by atoms with van der Waals surface area (Å²) in [5.41, 5.74) is 0.550. The van der Waals surface area contributed by atoms with Gasteiger partial charge in [-0.3, -0.25) is 5.32 Å². The van der Waals surface area contributed by atoms with Crippen LogP contribution < -0.4 is 15.4 Å². The molecular formula is C17H15N3O3. The molecule has 3 aromatic rings. The van der Waals surface area contributed by atoms with E-state index in [0.29, 0.717) is 28.8 Å². The molecule has 2 aromatic carbocycles. The second-order valence-corrected chi connectivity index (χ2v) is 4.81. The average Bonchev–Trinajstić information content (AvgIpc) is 2.95. The second-order valence-electron chi connectivity index (χ2n) is 4.81. The molecule has 2 N–H and O–H groups in total. The number of aryl methyl sites for hydroxylation is 1. The average molecular weight is 309 g/mol. The predicted molar refractivity (Wildman–Crippen MR) is 86.8 cm³/mol. The molecule has 0 spiro atoms. The zero-order chi connectivity index (χ0) is 16.1. The van der Waals surface area contributed by atoms with Crippen molar-refractivity contribution < 1.29 is 14.1 Å². The molecule has 0 aliphatic heterocycles. The van der Waals surface area contributed by atoms with Gasteiger partial charge >= 0.3 is 6.03 Å². The molecule has 6 heteroatoms. The topological polar surface area (TPSA) is 76.4 Å². The van der Waals surface area contributed by atoms with E-state index in [9.17, 15) is 4.79 Å². The number of amides is 2. The fraction of sp³-hybridized carbons (Fsp3) is 0.0588. The van der Waals surface area contributed by atoms with Crippen molar-refractivity contribution in [3.63, 3.8) is 0 Å². The van der Waals surface area contributed by atoms with Crippen molar-refractivity contribution in [2.75, 3.05) is 10.6 Å². The highest BCUT2D eigenvalue weighted by molar-refractivity contribution is 6.00. The lowest BCUT2D eigenvalue weighted by Gasteiger charge is -2.12. The molecule has 0 fully saturated rings. The van der Waals surface area contributed by atoms with Gasteiger partial charge < -0.3 is 14.6 Å². The number of urea groups is 1. The standard InChI is InChI=1S/C17H15N3O3/c1-12-11-16(20-23-12)19-17(21)18-14-9-5-6-10-15(14)22-13-7-3-2-4-8-13/h2-11H,1H3,(H2,18,19,20,21). The number of hydrogen-bond donors (Lipinski definition) is 2. The first-order valence-corrected chi connectivity index (χ1v) is 7.04. The van der Waals surface area contributed by atoms with Crippen LogP contribution in [-0.2, 0) is 0 Å². The summed E-state index contributed by atoms with van der Waals surface area (Å²) >= 11 is 0. The Morgan fingerprint density at radius 1 is 1.04 bits per heavy atom. The number of aromatic nitrogens is 1. The van der Waals surface area contributed by atoms with E-state index in [2.05, 4.69) is 15.8 Å². The summed E-state index contributed by atoms with van der Waals surface area (Å²) in [5.74, 6) is 2.20. The van der Waals surface area contributed by atoms with E-state index in [1.807, 2.05) is 42.5 Å². The Labute approximate surface area is 133 Å². The van der Waals surface area contributed by atoms with Crippen LogP contribution in [0.4, 0.5) is 16.3 Å². The Kier molecular flexibility index (Phi) is 4.24. The number of nitrogens with one attached hydrogen (secondary N) is 2. The van der Waals surface area contributed by atoms with Gasteiger partial charge in [-0.25, -0.2) is 4.79 Å². The summed E-state index contributed by atoms with van der Waals surface area (Å²) in [6, 6.07) is 17.7. The van der Waals surface area contributed by atoms with Crippen LogP contribution in [0.3, 0.4) is 0 Å². The molecule has 0 saturated carbocycles. The summed E-state index contributed by atoms with van der Waals surface area (Å²) in [7, 11) is 0. The summed E-state index contributed by atoms with van der Waals surface area (Å²) in [5, 5.41) is 9.03. The molecule has 116 valence electrons. The number of nitrogens with zero attached hydrogens (tertiary/aromatic N) is 1. The van der Waals surface area contributed by atoms with Crippen LogP contribution in [0.1, 0.15) is 5.76 Å². The summed E-state index contributed by atoms with van der Waals surface area (Å²) < 4.78 is 10.7. The van der Waals surface area contributed by atoms with Gasteiger partial charge in [-0.1, -0.05) is 35.5 Å². The molecule has 0 bridgehead atoms. The van der Waals surface area contributed by atoms with Gasteiger partial charge in [0.25, 0.3) is 0 Å². The van der Waals surface area contributed by atoms with Crippen molar-refractivity contribution in [2.24, 2.45) is 0 Å². The van der Waals surface area contributed by atoms with E-state index in [4.69, 9.17) is 9.26 Å². The Morgan fingerprint density at radius 3 is 2.52 bits per heavy atom. The molecule has 3 rings (SSSR count). The second kappa shape index (κ2) is 6.65. The minimum Gasteiger partial charge on any atom is -0.455 e. The summed E-state index contributed by atoms with van der Waals surface area (Å²) in [6.45, 7) is 1.75. The van der Waals surface area contributed by atoms with E-state index in [0.717, 1.165) is 0 Å². The van der Waals surface area contributed by atoms with Crippen molar-refractivity contribution in [1.82, 2.24) is 5.16 Å². The molecule has 0 unspecified atom stereocenters. The van der Waals surface area contributed by atoms with Crippen molar-refractivity contribution in [3.05, 3.63) is 66.4 Å². The van der Waals surface area contributed by atoms with Crippen molar-refractivity contribution in [2.45, 2.75) is 6.92 Å². The van der Waals surface area contributed by atoms with Gasteiger partial charge in [-0.05, 0) is 31.2 Å². The van der Waals surface area contributed by atoms with E-state index in [1.54, 1.807) is 25.1 Å². The zero-order valence-electron chi connectivity index (χ0n) is 12.4. The number of carbonyl (C=O) groups is 1. The van der Waals surface area contributed by atoms with E-state index in [1.165, 1.54) is 0 Å². The number of benzene rings is 2. The van der Waals surface area contributed by atoms with Crippen molar-refractivity contribution in [3.8, 4) is 11.5 Å². The van der Waals surface area contributed by atoms with Crippen LogP contribution in [0, 0.1) is 6.92 Å². The lowest BCUT2D eigenvalue weighted by Crippen LogP contribution is -2.19. The Balaban J connectivity index is 1.71. The van der Waals surface area contributed by atoms with Crippen LogP contribution in [0.25, 0.3) is 0 Å². The lowest BCUT2D eigenvalue weighted by molar-refractivity contribution is 0.261. The predicted octanol–water partition coefficient (Wildman–Crippen LogP) is 4.42. The van der Waals surface area contributed by atoms with Gasteiger partial charge in [0, 0.05) is 6.07 Å². The number of anilines is 2. The number of hydrogen-bond acceptors (Lipinski definition) is 4. The molecule has 0 radical (unpaired) electrons. The van der Waals surface area contributed by atoms with Crippen LogP contribution in [0.5, 0.6) is 11.5 Å². The van der Waals surface area contributed by atoms with Gasteiger partial charge in [0.15, 0.2) is 11.6 Å². The first-order valence-electron chi connectivity index (χ1n) is 7.04. The van der Waals surface area contributed by atoms with E-state index in [-0.39, 0.29) is 0 Å². The third-order valence-corrected chi connectivity index (χ3v) is 2.98. The maximum absolute atomic E-state index is 12.0. The van der Waals surface area contributed by atoms with Crippen LogP contribution in [-0.4, -0.2) is 11.2 Å². The maximum atomic E-state index is 12.0. The van der Waals surface area contributed by atoms with Gasteiger partial charge in [0.05, 0.1) is 5.69 Å². The highest BCUT2D eigenvalue weighted by Crippen LogP contribution is 2.29. The molecule has 0 aliphatic rings. The third kappa shape index (κ3) is 3.88. The molecule has 1 aromatic heterocycles. The Bertz CT molecular complexity index is 800. The highest BCUT2D eigenvalue weighted by atomic mass is 16.5. The zero-order valence-corrected chi connectivity index (χ0v) is 12.4. The molecule has 1 heterocycles. The van der Waals surface area contributed by atoms with Crippen molar-refractivity contribution in [1.29, 1.82) is 0 Å². The summed E-state index contributed by atoms with van der Waals surface area (Å²) in [6.07, 6.45) is 0. The summed E-state index contributed by atoms with van der Waals surface area (Å²) in [4.78, 5) is 12.0. The van der Waals surface area contributed by atoms with Crippen molar-refractivity contribution >= 4 is 17.5 Å². The monoisotopic (exact) mass is 309 g/mol. The lowest BCUT2D eigenvalue weighted by atomic mass is 10.3. The molecule has 6 nitrogen and oxygen atoms in total. The highest BCUT2D eigenvalue weighted by Gasteiger charge is 2.10. The van der Waals surface area contributed by atoms with Crippen LogP contribution >= 0.6 is 0 Å². The Morgan fingerprint density at radius 2 is 1.78 bits per heavy atom. The third-order valence-electron chi connectivity index (χ3n) is 2.98. The van der Waals surface area contributed by atoms with Gasteiger partial charge in [-0.2, -0.15) is 0 Å².